The van der Waals surface area contributed by atoms with Gasteiger partial charge in [-0.15, -0.1) is 0 Å². The number of benzene rings is 2. The van der Waals surface area contributed by atoms with Gasteiger partial charge in [0.1, 0.15) is 5.54 Å². The van der Waals surface area contributed by atoms with E-state index in [0.29, 0.717) is 12.1 Å². The van der Waals surface area contributed by atoms with Crippen LogP contribution in [0.1, 0.15) is 29.8 Å². The highest BCUT2D eigenvalue weighted by Crippen LogP contribution is 2.35. The fourth-order valence-electron chi connectivity index (χ4n) is 2.91. The zero-order valence-electron chi connectivity index (χ0n) is 14.0. The van der Waals surface area contributed by atoms with Crippen molar-refractivity contribution < 1.29 is 14.3 Å². The van der Waals surface area contributed by atoms with Gasteiger partial charge in [-0.3, -0.25) is 4.79 Å². The average Bonchev–Trinajstić information content (AvgIpc) is 2.58. The molecular weight excluding hydrogens is 304 g/mol. The van der Waals surface area contributed by atoms with Gasteiger partial charge in [0, 0.05) is 0 Å². The Labute approximate surface area is 141 Å². The number of carbonyl (C=O) groups is 2. The highest BCUT2D eigenvalue weighted by molar-refractivity contribution is 6.07. The van der Waals surface area contributed by atoms with Crippen LogP contribution in [-0.4, -0.2) is 24.5 Å². The van der Waals surface area contributed by atoms with Crippen molar-refractivity contribution in [2.45, 2.75) is 25.9 Å². The van der Waals surface area contributed by atoms with Crippen LogP contribution in [-0.2, 0) is 16.1 Å². The molecule has 5 nitrogen and oxygen atoms in total. The third-order valence-corrected chi connectivity index (χ3v) is 4.11. The molecule has 0 saturated carbocycles. The molecule has 2 aromatic rings. The molecule has 0 spiro atoms. The molecule has 1 aliphatic rings. The summed E-state index contributed by atoms with van der Waals surface area (Å²) in [5.41, 5.74) is 2.43. The van der Waals surface area contributed by atoms with Crippen molar-refractivity contribution in [2.75, 3.05) is 17.3 Å². The number of anilines is 2. The molecule has 5 heteroatoms. The summed E-state index contributed by atoms with van der Waals surface area (Å²) in [5, 5.41) is 3.28. The minimum atomic E-state index is -0.686. The molecule has 2 aromatic carbocycles. The van der Waals surface area contributed by atoms with Gasteiger partial charge in [0.15, 0.2) is 0 Å². The van der Waals surface area contributed by atoms with E-state index in [4.69, 9.17) is 4.74 Å². The number of para-hydroxylation sites is 2. The van der Waals surface area contributed by atoms with Crippen LogP contribution in [0, 0.1) is 0 Å². The Kier molecular flexibility index (Phi) is 4.01. The molecule has 1 amide bonds. The van der Waals surface area contributed by atoms with Crippen molar-refractivity contribution in [1.82, 2.24) is 0 Å². The lowest BCUT2D eigenvalue weighted by atomic mass is 9.97. The van der Waals surface area contributed by atoms with Gasteiger partial charge in [0.05, 0.1) is 30.6 Å². The zero-order chi connectivity index (χ0) is 17.3. The van der Waals surface area contributed by atoms with Crippen LogP contribution in [0.2, 0.25) is 0 Å². The first kappa shape index (κ1) is 16.1. The molecule has 0 aromatic heterocycles. The molecule has 0 fully saturated rings. The quantitative estimate of drug-likeness (QED) is 0.881. The normalized spacial score (nSPS) is 15.5. The van der Waals surface area contributed by atoms with Crippen molar-refractivity contribution in [3.8, 4) is 0 Å². The molecule has 124 valence electrons. The molecule has 3 rings (SSSR count). The predicted molar refractivity (Wildman–Crippen MR) is 93.1 cm³/mol. The summed E-state index contributed by atoms with van der Waals surface area (Å²) in [6.45, 7) is 4.12. The summed E-state index contributed by atoms with van der Waals surface area (Å²) >= 11 is 0. The molecule has 0 unspecified atom stereocenters. The monoisotopic (exact) mass is 324 g/mol. The second-order valence-electron chi connectivity index (χ2n) is 6.35. The molecule has 24 heavy (non-hydrogen) atoms. The van der Waals surface area contributed by atoms with Gasteiger partial charge in [-0.05, 0) is 43.7 Å². The van der Waals surface area contributed by atoms with E-state index in [0.717, 1.165) is 16.9 Å². The average molecular weight is 324 g/mol. The van der Waals surface area contributed by atoms with Gasteiger partial charge >= 0.3 is 5.97 Å². The van der Waals surface area contributed by atoms with Crippen LogP contribution < -0.4 is 10.2 Å². The van der Waals surface area contributed by atoms with E-state index >= 15 is 0 Å². The van der Waals surface area contributed by atoms with Crippen molar-refractivity contribution >= 4 is 23.3 Å². The van der Waals surface area contributed by atoms with E-state index in [1.807, 2.05) is 44.2 Å². The van der Waals surface area contributed by atoms with Crippen molar-refractivity contribution in [3.63, 3.8) is 0 Å². The summed E-state index contributed by atoms with van der Waals surface area (Å²) in [4.78, 5) is 26.3. The summed E-state index contributed by atoms with van der Waals surface area (Å²) in [6, 6.07) is 14.9. The lowest BCUT2D eigenvalue weighted by Crippen LogP contribution is -2.53. The third-order valence-electron chi connectivity index (χ3n) is 4.11. The first-order valence-electron chi connectivity index (χ1n) is 7.79. The number of ether oxygens (including phenoxy) is 1. The van der Waals surface area contributed by atoms with Gasteiger partial charge < -0.3 is 15.0 Å². The summed E-state index contributed by atoms with van der Waals surface area (Å²) in [6.07, 6.45) is 0. The number of hydrogen-bond acceptors (Lipinski definition) is 4. The van der Waals surface area contributed by atoms with Gasteiger partial charge in [-0.25, -0.2) is 4.79 Å². The van der Waals surface area contributed by atoms with Crippen molar-refractivity contribution in [3.05, 3.63) is 59.7 Å². The van der Waals surface area contributed by atoms with Gasteiger partial charge in [0.25, 0.3) is 5.91 Å². The SMILES string of the molecule is COC(=O)c1cccc(CN2C(=O)C(C)(C)Nc3ccccc32)c1. The molecule has 0 aliphatic carbocycles. The van der Waals surface area contributed by atoms with E-state index in [1.54, 1.807) is 23.1 Å². The number of amides is 1. The first-order valence-corrected chi connectivity index (χ1v) is 7.79. The Morgan fingerprint density at radius 2 is 1.92 bits per heavy atom. The number of nitrogens with zero attached hydrogens (tertiary/aromatic N) is 1. The molecule has 1 N–H and O–H groups in total. The minimum absolute atomic E-state index is 0.00956. The largest absolute Gasteiger partial charge is 0.465 e. The maximum Gasteiger partial charge on any atom is 0.337 e. The van der Waals surface area contributed by atoms with E-state index in [9.17, 15) is 9.59 Å². The van der Waals surface area contributed by atoms with Crippen LogP contribution in [0.25, 0.3) is 0 Å². The van der Waals surface area contributed by atoms with Crippen LogP contribution in [0.4, 0.5) is 11.4 Å². The maximum atomic E-state index is 12.9. The number of methoxy groups -OCH3 is 1. The molecule has 0 radical (unpaired) electrons. The smallest absolute Gasteiger partial charge is 0.337 e. The van der Waals surface area contributed by atoms with Gasteiger partial charge in [-0.2, -0.15) is 0 Å². The lowest BCUT2D eigenvalue weighted by Gasteiger charge is -2.40. The summed E-state index contributed by atoms with van der Waals surface area (Å²) in [5.74, 6) is -0.395. The predicted octanol–water partition coefficient (Wildman–Crippen LogP) is 3.21. The Bertz CT molecular complexity index is 799. The summed E-state index contributed by atoms with van der Waals surface area (Å²) in [7, 11) is 1.35. The first-order chi connectivity index (χ1) is 11.4. The Hall–Kier alpha value is -2.82. The Morgan fingerprint density at radius 3 is 2.67 bits per heavy atom. The van der Waals surface area contributed by atoms with Crippen molar-refractivity contribution in [1.29, 1.82) is 0 Å². The molecule has 0 saturated heterocycles. The number of hydrogen-bond donors (Lipinski definition) is 1. The molecule has 0 bridgehead atoms. The van der Waals surface area contributed by atoms with Crippen LogP contribution >= 0.6 is 0 Å². The van der Waals surface area contributed by atoms with Crippen LogP contribution in [0.15, 0.2) is 48.5 Å². The fraction of sp³-hybridized carbons (Fsp3) is 0.263. The van der Waals surface area contributed by atoms with Crippen LogP contribution in [0.3, 0.4) is 0 Å². The zero-order valence-corrected chi connectivity index (χ0v) is 14.0. The highest BCUT2D eigenvalue weighted by Gasteiger charge is 2.38. The standard InChI is InChI=1S/C19H20N2O3/c1-19(2)18(23)21(16-10-5-4-9-15(16)20-19)12-13-7-6-8-14(11-13)17(22)24-3/h4-11,20H,12H2,1-3H3. The molecule has 0 atom stereocenters. The molecule has 1 heterocycles. The van der Waals surface area contributed by atoms with E-state index in [-0.39, 0.29) is 11.9 Å². The molecular formula is C19H20N2O3. The Morgan fingerprint density at radius 1 is 1.17 bits per heavy atom. The third kappa shape index (κ3) is 2.85. The maximum absolute atomic E-state index is 12.9. The minimum Gasteiger partial charge on any atom is -0.465 e. The van der Waals surface area contributed by atoms with Gasteiger partial charge in [0.2, 0.25) is 0 Å². The van der Waals surface area contributed by atoms with E-state index < -0.39 is 5.54 Å². The second kappa shape index (κ2) is 6.00. The highest BCUT2D eigenvalue weighted by atomic mass is 16.5. The lowest BCUT2D eigenvalue weighted by molar-refractivity contribution is -0.122. The number of nitrogens with one attached hydrogen (secondary N) is 1. The summed E-state index contributed by atoms with van der Waals surface area (Å²) < 4.78 is 4.76. The topological polar surface area (TPSA) is 58.6 Å². The number of carbonyl (C=O) groups excluding carboxylic acids is 2. The molecule has 1 aliphatic heterocycles. The Balaban J connectivity index is 1.97. The van der Waals surface area contributed by atoms with Crippen LogP contribution in [0.5, 0.6) is 0 Å². The van der Waals surface area contributed by atoms with E-state index in [2.05, 4.69) is 5.32 Å². The number of rotatable bonds is 3. The fourth-order valence-corrected chi connectivity index (χ4v) is 2.91. The number of fused-ring (bicyclic) bond motifs is 1. The van der Waals surface area contributed by atoms with Gasteiger partial charge in [-0.1, -0.05) is 24.3 Å². The van der Waals surface area contributed by atoms with E-state index in [1.165, 1.54) is 7.11 Å². The second-order valence-corrected chi connectivity index (χ2v) is 6.35. The number of esters is 1. The van der Waals surface area contributed by atoms with Crippen molar-refractivity contribution in [2.24, 2.45) is 0 Å².